The molecule has 0 aromatic heterocycles. The van der Waals surface area contributed by atoms with Gasteiger partial charge in [-0.15, -0.1) is 0 Å². The molecule has 0 N–H and O–H groups in total. The average Bonchev–Trinajstić information content (AvgIpc) is 2.53. The maximum Gasteiger partial charge on any atom is 1.20 e. The fraction of sp³-hybridized carbons (Fsp3) is 0.500. The first-order chi connectivity index (χ1) is 13.2. The lowest BCUT2D eigenvalue weighted by Gasteiger charge is -2.20. The molecular formula is C18H27AlO9. The number of hydrogen-bond acceptors (Lipinski definition) is 9. The molecular weight excluding hydrogens is 387 g/mol. The number of carbonyl (C=O) groups excluding carboxylic acids is 3. The molecule has 0 aliphatic rings. The molecule has 0 unspecified atom stereocenters. The van der Waals surface area contributed by atoms with E-state index in [1.807, 2.05) is 0 Å². The Bertz CT molecular complexity index is 537. The number of ether oxygens (including phenoxy) is 3. The molecule has 9 nitrogen and oxygen atoms in total. The van der Waals surface area contributed by atoms with Crippen molar-refractivity contribution in [2.75, 3.05) is 19.8 Å². The van der Waals surface area contributed by atoms with Gasteiger partial charge < -0.3 is 25.6 Å². The molecule has 156 valence electrons. The lowest BCUT2D eigenvalue weighted by molar-refractivity contribution is -0.113. The van der Waals surface area contributed by atoms with Gasteiger partial charge in [0.2, 0.25) is 0 Å². The summed E-state index contributed by atoms with van der Waals surface area (Å²) in [5, 5.41) is 0. The van der Waals surface area contributed by atoms with Crippen LogP contribution in [0.3, 0.4) is 0 Å². The summed E-state index contributed by atoms with van der Waals surface area (Å²) in [6.07, 6.45) is 3.38. The maximum absolute atomic E-state index is 11.4. The Morgan fingerprint density at radius 2 is 0.857 bits per heavy atom. The Morgan fingerprint density at radius 3 is 1.04 bits per heavy atom. The van der Waals surface area contributed by atoms with Gasteiger partial charge in [0.05, 0.1) is 38.0 Å². The summed E-state index contributed by atoms with van der Waals surface area (Å²) < 4.78 is 32.5. The number of allylic oxidation sites excluding steroid dienone is 3. The molecule has 0 aromatic carbocycles. The van der Waals surface area contributed by atoms with Crippen molar-refractivity contribution >= 4 is 32.5 Å². The van der Waals surface area contributed by atoms with Crippen LogP contribution in [0.2, 0.25) is 0 Å². The third kappa shape index (κ3) is 12.8. The normalized spacial score (nSPS) is 12.0. The third-order valence-electron chi connectivity index (χ3n) is 2.46. The monoisotopic (exact) mass is 414 g/mol. The van der Waals surface area contributed by atoms with Crippen LogP contribution >= 0.6 is 0 Å². The van der Waals surface area contributed by atoms with Crippen molar-refractivity contribution < 1.29 is 40.0 Å². The van der Waals surface area contributed by atoms with E-state index in [9.17, 15) is 14.4 Å². The second-order valence-corrected chi connectivity index (χ2v) is 6.45. The molecule has 0 atom stereocenters. The Labute approximate surface area is 170 Å². The van der Waals surface area contributed by atoms with Crippen LogP contribution in [0.1, 0.15) is 41.5 Å². The second-order valence-electron chi connectivity index (χ2n) is 5.16. The first kappa shape index (κ1) is 25.6. The summed E-state index contributed by atoms with van der Waals surface area (Å²) in [7, 11) is 0. The van der Waals surface area contributed by atoms with E-state index in [1.54, 1.807) is 20.8 Å². The van der Waals surface area contributed by atoms with Crippen molar-refractivity contribution in [2.45, 2.75) is 41.5 Å². The predicted octanol–water partition coefficient (Wildman–Crippen LogP) is 2.42. The van der Waals surface area contributed by atoms with Gasteiger partial charge in [-0.1, -0.05) is 0 Å². The van der Waals surface area contributed by atoms with Gasteiger partial charge in [0.1, 0.15) is 0 Å². The highest BCUT2D eigenvalue weighted by Crippen LogP contribution is 2.14. The minimum atomic E-state index is -3.22. The predicted molar refractivity (Wildman–Crippen MR) is 100 cm³/mol. The topological polar surface area (TPSA) is 107 Å². The van der Waals surface area contributed by atoms with E-state index in [-0.39, 0.29) is 55.0 Å². The minimum Gasteiger partial charge on any atom is -0.550 e. The first-order valence-electron chi connectivity index (χ1n) is 8.76. The molecule has 0 aliphatic heterocycles. The molecule has 10 heteroatoms. The van der Waals surface area contributed by atoms with Crippen LogP contribution in [0.5, 0.6) is 0 Å². The van der Waals surface area contributed by atoms with Gasteiger partial charge in [0.25, 0.3) is 17.8 Å². The van der Waals surface area contributed by atoms with E-state index in [0.29, 0.717) is 0 Å². The average molecular weight is 414 g/mol. The van der Waals surface area contributed by atoms with Gasteiger partial charge in [0, 0.05) is 0 Å². The summed E-state index contributed by atoms with van der Waals surface area (Å²) in [4.78, 5) is 34.2. The summed E-state index contributed by atoms with van der Waals surface area (Å²) in [5.41, 5.74) is 0. The Morgan fingerprint density at radius 1 is 0.607 bits per heavy atom. The standard InChI is InChI=1S/3C6H10O3.Al/c3*1-3-9-6(8)4-5(2)7;/h3*4,8H,3H2,1-2H3;/q;;;+3/p-3/b3*6-4-;. The smallest absolute Gasteiger partial charge is 0.550 e. The van der Waals surface area contributed by atoms with Crippen molar-refractivity contribution in [3.05, 3.63) is 36.1 Å². The molecule has 0 heterocycles. The fourth-order valence-electron chi connectivity index (χ4n) is 1.61. The zero-order valence-corrected chi connectivity index (χ0v) is 18.3. The van der Waals surface area contributed by atoms with Gasteiger partial charge in [-0.3, -0.25) is 14.4 Å². The molecule has 0 bridgehead atoms. The van der Waals surface area contributed by atoms with Crippen LogP contribution in [0, 0.1) is 0 Å². The molecule has 0 saturated heterocycles. The molecule has 0 amide bonds. The largest absolute Gasteiger partial charge is 1.20 e. The molecule has 0 fully saturated rings. The Kier molecular flexibility index (Phi) is 13.3. The maximum atomic E-state index is 11.4. The van der Waals surface area contributed by atoms with Crippen molar-refractivity contribution in [1.82, 2.24) is 0 Å². The van der Waals surface area contributed by atoms with Crippen LogP contribution < -0.4 is 0 Å². The van der Waals surface area contributed by atoms with Crippen LogP contribution in [0.4, 0.5) is 0 Å². The lowest BCUT2D eigenvalue weighted by Crippen LogP contribution is -2.29. The highest BCUT2D eigenvalue weighted by Gasteiger charge is 2.48. The molecule has 0 radical (unpaired) electrons. The summed E-state index contributed by atoms with van der Waals surface area (Å²) in [6.45, 7) is 9.76. The van der Waals surface area contributed by atoms with Crippen LogP contribution in [-0.2, 0) is 40.0 Å². The van der Waals surface area contributed by atoms with Crippen LogP contribution in [-0.4, -0.2) is 52.3 Å². The summed E-state index contributed by atoms with van der Waals surface area (Å²) in [6, 6.07) is 0. The quantitative estimate of drug-likeness (QED) is 0.227. The van der Waals surface area contributed by atoms with E-state index in [1.165, 1.54) is 20.8 Å². The Hall–Kier alpha value is -2.44. The van der Waals surface area contributed by atoms with Crippen molar-refractivity contribution in [3.63, 3.8) is 0 Å². The minimum absolute atomic E-state index is 0.121. The van der Waals surface area contributed by atoms with Crippen molar-refractivity contribution in [2.24, 2.45) is 0 Å². The van der Waals surface area contributed by atoms with E-state index in [0.717, 1.165) is 18.2 Å². The fourth-order valence-corrected chi connectivity index (χ4v) is 2.73. The third-order valence-corrected chi connectivity index (χ3v) is 3.73. The van der Waals surface area contributed by atoms with Gasteiger partial charge >= 0.3 is 15.1 Å². The second kappa shape index (κ2) is 14.6. The zero-order chi connectivity index (χ0) is 21.5. The SMILES string of the molecule is CCO/C(=C\C(C)=O)[O][Al]([O]/C(=C/C(C)=O)OCC)[O]/C(=C/C(C)=O)OCC. The van der Waals surface area contributed by atoms with Crippen molar-refractivity contribution in [1.29, 1.82) is 0 Å². The van der Waals surface area contributed by atoms with Crippen LogP contribution in [0.15, 0.2) is 36.1 Å². The number of hydrogen-bond donors (Lipinski definition) is 0. The zero-order valence-electron chi connectivity index (χ0n) is 17.1. The van der Waals surface area contributed by atoms with E-state index >= 15 is 0 Å². The highest BCUT2D eigenvalue weighted by atomic mass is 27.3. The van der Waals surface area contributed by atoms with Gasteiger partial charge in [0.15, 0.2) is 17.3 Å². The number of rotatable bonds is 15. The summed E-state index contributed by atoms with van der Waals surface area (Å²) in [5.74, 6) is -1.31. The van der Waals surface area contributed by atoms with E-state index in [2.05, 4.69) is 0 Å². The van der Waals surface area contributed by atoms with Gasteiger partial charge in [-0.05, 0) is 41.5 Å². The molecule has 0 saturated carbocycles. The number of ketones is 3. The molecule has 0 rings (SSSR count). The van der Waals surface area contributed by atoms with Gasteiger partial charge in [-0.2, -0.15) is 0 Å². The molecule has 28 heavy (non-hydrogen) atoms. The molecule has 0 aromatic rings. The lowest BCUT2D eigenvalue weighted by atomic mass is 10.4. The molecule has 0 spiro atoms. The first-order valence-corrected chi connectivity index (χ1v) is 10.2. The highest BCUT2D eigenvalue weighted by molar-refractivity contribution is 6.37. The van der Waals surface area contributed by atoms with E-state index in [4.69, 9.17) is 25.6 Å². The van der Waals surface area contributed by atoms with Crippen LogP contribution in [0.25, 0.3) is 0 Å². The Balaban J connectivity index is 5.74. The van der Waals surface area contributed by atoms with E-state index < -0.39 is 15.1 Å². The summed E-state index contributed by atoms with van der Waals surface area (Å²) >= 11 is -3.22. The molecule has 0 aliphatic carbocycles. The van der Waals surface area contributed by atoms with Crippen molar-refractivity contribution in [3.8, 4) is 0 Å². The van der Waals surface area contributed by atoms with Gasteiger partial charge in [-0.25, -0.2) is 0 Å². The number of carbonyl (C=O) groups is 3.